The molecule has 16 nitrogen and oxygen atoms in total. The van der Waals surface area contributed by atoms with Gasteiger partial charge in [0.2, 0.25) is 0 Å². The fourth-order valence-electron chi connectivity index (χ4n) is 12.0. The topological polar surface area (TPSA) is 218 Å². The molecule has 0 saturated carbocycles. The van der Waals surface area contributed by atoms with Crippen molar-refractivity contribution < 1.29 is 36.6 Å². The van der Waals surface area contributed by atoms with Gasteiger partial charge in [0.1, 0.15) is 0 Å². The summed E-state index contributed by atoms with van der Waals surface area (Å²) in [6.45, 7) is 0. The van der Waals surface area contributed by atoms with Crippen molar-refractivity contribution in [3.63, 3.8) is 0 Å². The molecule has 10 heterocycles. The Morgan fingerprint density at radius 3 is 0.683 bits per heavy atom. The summed E-state index contributed by atoms with van der Waals surface area (Å²) in [6.07, 6.45) is 0. The van der Waals surface area contributed by atoms with Crippen molar-refractivity contribution in [1.29, 1.82) is 0 Å². The zero-order valence-electron chi connectivity index (χ0n) is 43.1. The molecule has 0 radical (unpaired) electrons. The first-order chi connectivity index (χ1) is 40.1. The summed E-state index contributed by atoms with van der Waals surface area (Å²) in [5, 5.41) is 7.43. The minimum atomic E-state index is -2.09. The SMILES string of the molecule is [Zn].c1ccc2c(c1)-c1nc-2nc2[nH]c(nc3nc(nc4[nH]c(n1)c1ccccc41)-c1ccccc1-3)c1[c]([Zn][c]3cccc4c5nc6nc(nc7[nH]c(nc8nc(nc([nH]5)c34)-c3ccccc3-8)c3ccccc73)-c3ccccc3-6)cccc21. The molecule has 6 aromatic heterocycles. The van der Waals surface area contributed by atoms with E-state index in [1.165, 1.54) is 8.32 Å². The van der Waals surface area contributed by atoms with Gasteiger partial charge in [-0.25, -0.2) is 0 Å². The first kappa shape index (κ1) is 46.6. The Kier molecular flexibility index (Phi) is 10.2. The summed E-state index contributed by atoms with van der Waals surface area (Å²) in [5.41, 5.74) is 12.2. The van der Waals surface area contributed by atoms with E-state index in [1.54, 1.807) is 0 Å². The van der Waals surface area contributed by atoms with Crippen LogP contribution in [-0.4, -0.2) is 79.7 Å². The second kappa shape index (κ2) is 17.9. The molecule has 8 aromatic carbocycles. The number of aromatic nitrogens is 16. The molecule has 4 aliphatic heterocycles. The summed E-state index contributed by atoms with van der Waals surface area (Å²) in [4.78, 5) is 77.6. The van der Waals surface area contributed by atoms with E-state index in [9.17, 15) is 0 Å². The number of hydrogen-bond acceptors (Lipinski definition) is 12. The van der Waals surface area contributed by atoms with Gasteiger partial charge < -0.3 is 0 Å². The molecule has 0 saturated heterocycles. The summed E-state index contributed by atoms with van der Waals surface area (Å²) in [6, 6.07) is 61.6. The molecule has 0 aliphatic carbocycles. The van der Waals surface area contributed by atoms with Crippen LogP contribution in [0.5, 0.6) is 0 Å². The Bertz CT molecular complexity index is 5160. The third kappa shape index (κ3) is 7.08. The maximum absolute atomic E-state index is 5.47. The van der Waals surface area contributed by atoms with Gasteiger partial charge in [-0.1, -0.05) is 12.1 Å². The number of benzene rings is 8. The standard InChI is InChI=1S/2C32H17N8.2Zn/c2*1-2-10-18-17(9-1)25-33-26(18)38-28-21-13-5-6-14-22(21)30(35-28)40-32-24-16-8-7-15-23(24)31(36-32)39-29-20-12-4-3-11-19(20)27(34-29)37-25;;/h2*1-15H,(H2,33,34,35,36,37,38,39,40);;. The molecule has 0 fully saturated rings. The third-order valence-electron chi connectivity index (χ3n) is 15.7. The van der Waals surface area contributed by atoms with Crippen molar-refractivity contribution in [2.24, 2.45) is 0 Å². The first-order valence-electron chi connectivity index (χ1n) is 26.5. The van der Waals surface area contributed by atoms with Crippen LogP contribution in [0.1, 0.15) is 0 Å². The molecule has 4 aliphatic rings. The Balaban J connectivity index is 0.00000534. The molecule has 14 aromatic rings. The van der Waals surface area contributed by atoms with Gasteiger partial charge in [0, 0.05) is 19.5 Å². The van der Waals surface area contributed by atoms with Crippen molar-refractivity contribution in [2.75, 3.05) is 0 Å². The van der Waals surface area contributed by atoms with Crippen molar-refractivity contribution in [3.8, 4) is 91.1 Å². The van der Waals surface area contributed by atoms with Gasteiger partial charge in [-0.05, 0) is 0 Å². The van der Waals surface area contributed by atoms with Crippen LogP contribution in [0.3, 0.4) is 0 Å². The van der Waals surface area contributed by atoms with Crippen molar-refractivity contribution in [3.05, 3.63) is 182 Å². The monoisotopic (exact) mass is 1150 g/mol. The summed E-state index contributed by atoms with van der Waals surface area (Å²) in [5.74, 6) is 4.37. The van der Waals surface area contributed by atoms with Gasteiger partial charge in [0.25, 0.3) is 0 Å². The number of aromatic amines is 4. The number of hydrogen-bond donors (Lipinski definition) is 4. The minimum absolute atomic E-state index is 0. The fourth-order valence-corrected chi connectivity index (χ4v) is 16.2. The van der Waals surface area contributed by atoms with Gasteiger partial charge in [-0.2, -0.15) is 0 Å². The molecule has 82 heavy (non-hydrogen) atoms. The Morgan fingerprint density at radius 1 is 0.207 bits per heavy atom. The molecule has 4 N–H and O–H groups in total. The Hall–Kier alpha value is -10.3. The van der Waals surface area contributed by atoms with Gasteiger partial charge >= 0.3 is 454 Å². The normalized spacial score (nSPS) is 12.0. The number of H-pyrrole nitrogens is 4. The molecule has 0 unspecified atom stereocenters. The van der Waals surface area contributed by atoms with E-state index < -0.39 is 17.1 Å². The van der Waals surface area contributed by atoms with E-state index in [2.05, 4.69) is 68.5 Å². The molecular weight excluding hydrogens is 1120 g/mol. The van der Waals surface area contributed by atoms with Crippen molar-refractivity contribution in [1.82, 2.24) is 79.7 Å². The van der Waals surface area contributed by atoms with E-state index in [4.69, 9.17) is 59.8 Å². The van der Waals surface area contributed by atoms with Crippen LogP contribution in [0.2, 0.25) is 0 Å². The molecular formula is C64H34N16Zn2. The molecule has 18 rings (SSSR count). The van der Waals surface area contributed by atoms with Crippen LogP contribution in [-0.2, 0) is 36.6 Å². The van der Waals surface area contributed by atoms with Gasteiger partial charge in [0.05, 0.1) is 0 Å². The first-order valence-corrected chi connectivity index (χ1v) is 29.5. The van der Waals surface area contributed by atoms with E-state index in [1.807, 2.05) is 133 Å². The van der Waals surface area contributed by atoms with E-state index in [0.29, 0.717) is 91.8 Å². The summed E-state index contributed by atoms with van der Waals surface area (Å²) < 4.78 is 2.36. The maximum atomic E-state index is 5.47. The average Bonchev–Trinajstić information content (AvgIpc) is 4.60. The quantitative estimate of drug-likeness (QED) is 0.119. The van der Waals surface area contributed by atoms with Crippen LogP contribution >= 0.6 is 0 Å². The fraction of sp³-hybridized carbons (Fsp3) is 0. The van der Waals surface area contributed by atoms with E-state index in [0.717, 1.165) is 87.6 Å². The van der Waals surface area contributed by atoms with Crippen LogP contribution in [0.25, 0.3) is 179 Å². The molecule has 0 atom stereocenters. The number of nitrogens with zero attached hydrogens (tertiary/aromatic N) is 12. The molecule has 0 spiro atoms. The summed E-state index contributed by atoms with van der Waals surface area (Å²) >= 11 is -2.09. The van der Waals surface area contributed by atoms with Crippen LogP contribution < -0.4 is 8.32 Å². The van der Waals surface area contributed by atoms with Crippen molar-refractivity contribution in [2.45, 2.75) is 0 Å². The van der Waals surface area contributed by atoms with Gasteiger partial charge in [-0.15, -0.1) is 0 Å². The number of nitrogens with one attached hydrogen (secondary N) is 4. The van der Waals surface area contributed by atoms with E-state index in [-0.39, 0.29) is 19.5 Å². The number of rotatable bonds is 2. The zero-order valence-corrected chi connectivity index (χ0v) is 49.0. The molecule has 16 bridgehead atoms. The van der Waals surface area contributed by atoms with Crippen molar-refractivity contribution >= 4 is 96.6 Å². The predicted molar refractivity (Wildman–Crippen MR) is 311 cm³/mol. The predicted octanol–water partition coefficient (Wildman–Crippen LogP) is 12.1. The van der Waals surface area contributed by atoms with E-state index >= 15 is 0 Å². The van der Waals surface area contributed by atoms with Gasteiger partial charge in [0.15, 0.2) is 0 Å². The van der Waals surface area contributed by atoms with Crippen LogP contribution in [0, 0.1) is 0 Å². The zero-order chi connectivity index (χ0) is 52.9. The summed E-state index contributed by atoms with van der Waals surface area (Å²) in [7, 11) is 0. The second-order valence-electron chi connectivity index (χ2n) is 20.3. The second-order valence-corrected chi connectivity index (χ2v) is 24.3. The third-order valence-corrected chi connectivity index (χ3v) is 19.8. The Labute approximate surface area is 482 Å². The van der Waals surface area contributed by atoms with Gasteiger partial charge in [-0.3, -0.25) is 0 Å². The van der Waals surface area contributed by atoms with Crippen LogP contribution in [0.4, 0.5) is 0 Å². The number of fused-ring (bicyclic) bond motifs is 40. The molecule has 18 heteroatoms. The Morgan fingerprint density at radius 2 is 0.415 bits per heavy atom. The molecule has 374 valence electrons. The molecule has 0 amide bonds. The average molecular weight is 1160 g/mol. The van der Waals surface area contributed by atoms with Crippen LogP contribution in [0.15, 0.2) is 182 Å².